The number of carbonyl (C=O) groups is 1. The van der Waals surface area contributed by atoms with Crippen LogP contribution in [0.4, 0.5) is 13.2 Å². The summed E-state index contributed by atoms with van der Waals surface area (Å²) < 4.78 is 45.0. The van der Waals surface area contributed by atoms with Gasteiger partial charge in [0, 0.05) is 5.56 Å². The van der Waals surface area contributed by atoms with E-state index in [-0.39, 0.29) is 22.0 Å². The van der Waals surface area contributed by atoms with Crippen molar-refractivity contribution in [2.24, 2.45) is 0 Å². The van der Waals surface area contributed by atoms with Crippen molar-refractivity contribution in [3.63, 3.8) is 0 Å². The number of hydrogen-bond acceptors (Lipinski definition) is 3. The molecular formula is C20H15F3N2O4. The molecular weight excluding hydrogens is 389 g/mol. The topological polar surface area (TPSA) is 84.3 Å². The van der Waals surface area contributed by atoms with E-state index in [1.807, 2.05) is 0 Å². The van der Waals surface area contributed by atoms with Crippen LogP contribution in [0.1, 0.15) is 11.1 Å². The lowest BCUT2D eigenvalue weighted by Gasteiger charge is -2.08. The first-order chi connectivity index (χ1) is 13.7. The Morgan fingerprint density at radius 1 is 1.21 bits per heavy atom. The molecule has 150 valence electrons. The Hall–Kier alpha value is -3.75. The van der Waals surface area contributed by atoms with Crippen LogP contribution in [0, 0.1) is 0 Å². The van der Waals surface area contributed by atoms with Gasteiger partial charge in [-0.25, -0.2) is 9.48 Å². The number of carboxylic acid groups (broad SMARTS) is 1. The minimum atomic E-state index is -4.55. The van der Waals surface area contributed by atoms with Gasteiger partial charge in [-0.15, -0.1) is 0 Å². The predicted octanol–water partition coefficient (Wildman–Crippen LogP) is 1.89. The molecule has 9 heteroatoms. The molecule has 0 fully saturated rings. The molecule has 2 aromatic carbocycles. The molecule has 0 bridgehead atoms. The minimum absolute atomic E-state index is 0.00443. The zero-order valence-electron chi connectivity index (χ0n) is 14.9. The Kier molecular flexibility index (Phi) is 5.31. The monoisotopic (exact) mass is 404 g/mol. The normalized spacial score (nSPS) is 12.2. The summed E-state index contributed by atoms with van der Waals surface area (Å²) in [7, 11) is 0. The molecule has 29 heavy (non-hydrogen) atoms. The molecule has 2 N–H and O–H groups in total. The second-order valence-electron chi connectivity index (χ2n) is 6.06. The first-order valence-electron chi connectivity index (χ1n) is 8.30. The highest BCUT2D eigenvalue weighted by Gasteiger charge is 2.30. The van der Waals surface area contributed by atoms with Crippen LogP contribution in [0.25, 0.3) is 18.3 Å². The van der Waals surface area contributed by atoms with E-state index in [1.165, 1.54) is 24.3 Å². The number of nitrogens with one attached hydrogen (secondary N) is 1. The zero-order valence-corrected chi connectivity index (χ0v) is 14.9. The number of benzene rings is 2. The van der Waals surface area contributed by atoms with E-state index < -0.39 is 29.9 Å². The summed E-state index contributed by atoms with van der Waals surface area (Å²) in [5.41, 5.74) is -1.07. The molecule has 6 nitrogen and oxygen atoms in total. The fourth-order valence-electron chi connectivity index (χ4n) is 2.67. The Bertz CT molecular complexity index is 1230. The van der Waals surface area contributed by atoms with Crippen LogP contribution >= 0.6 is 0 Å². The van der Waals surface area contributed by atoms with Gasteiger partial charge in [0.15, 0.2) is 6.61 Å². The first-order valence-corrected chi connectivity index (χ1v) is 8.30. The summed E-state index contributed by atoms with van der Waals surface area (Å²) >= 11 is 0. The van der Waals surface area contributed by atoms with Crippen LogP contribution in [0.5, 0.6) is 5.75 Å². The SMILES string of the molecule is C=c1[nH]n(-c2cccc(C(F)(F)F)c2)c(=O)/c1=C\c1ccccc1OCC(=O)O. The molecule has 3 aromatic rings. The number of ether oxygens (including phenoxy) is 1. The number of aromatic amines is 1. The molecule has 0 radical (unpaired) electrons. The molecule has 1 heterocycles. The van der Waals surface area contributed by atoms with Crippen molar-refractivity contribution in [1.82, 2.24) is 9.78 Å². The summed E-state index contributed by atoms with van der Waals surface area (Å²) in [6, 6.07) is 10.8. The van der Waals surface area contributed by atoms with E-state index in [9.17, 15) is 22.8 Å². The van der Waals surface area contributed by atoms with Crippen molar-refractivity contribution in [2.45, 2.75) is 6.18 Å². The van der Waals surface area contributed by atoms with Crippen molar-refractivity contribution in [1.29, 1.82) is 0 Å². The van der Waals surface area contributed by atoms with Gasteiger partial charge in [0.05, 0.1) is 21.8 Å². The van der Waals surface area contributed by atoms with Gasteiger partial charge in [-0.1, -0.05) is 30.8 Å². The maximum atomic E-state index is 13.0. The van der Waals surface area contributed by atoms with Crippen molar-refractivity contribution < 1.29 is 27.8 Å². The maximum Gasteiger partial charge on any atom is 0.416 e. The number of hydrogen-bond donors (Lipinski definition) is 2. The zero-order chi connectivity index (χ0) is 21.2. The van der Waals surface area contributed by atoms with E-state index >= 15 is 0 Å². The molecule has 0 atom stereocenters. The lowest BCUT2D eigenvalue weighted by molar-refractivity contribution is -0.139. The van der Waals surface area contributed by atoms with Crippen LogP contribution in [0.3, 0.4) is 0 Å². The summed E-state index contributed by atoms with van der Waals surface area (Å²) in [4.78, 5) is 23.5. The van der Waals surface area contributed by atoms with Gasteiger partial charge in [-0.3, -0.25) is 9.89 Å². The molecule has 0 aliphatic rings. The lowest BCUT2D eigenvalue weighted by Crippen LogP contribution is -2.34. The maximum absolute atomic E-state index is 13.0. The molecule has 0 saturated heterocycles. The number of para-hydroxylation sites is 1. The first kappa shape index (κ1) is 20.0. The molecule has 0 unspecified atom stereocenters. The van der Waals surface area contributed by atoms with Gasteiger partial charge >= 0.3 is 12.1 Å². The Morgan fingerprint density at radius 3 is 2.62 bits per heavy atom. The van der Waals surface area contributed by atoms with Gasteiger partial charge in [-0.2, -0.15) is 13.2 Å². The number of H-pyrrole nitrogens is 1. The smallest absolute Gasteiger partial charge is 0.416 e. The summed E-state index contributed by atoms with van der Waals surface area (Å²) in [5.74, 6) is -0.924. The summed E-state index contributed by atoms with van der Waals surface area (Å²) in [6.07, 6.45) is -3.11. The van der Waals surface area contributed by atoms with Crippen molar-refractivity contribution in [3.05, 3.63) is 80.6 Å². The van der Waals surface area contributed by atoms with E-state index in [4.69, 9.17) is 9.84 Å². The number of alkyl halides is 3. The van der Waals surface area contributed by atoms with E-state index in [2.05, 4.69) is 11.7 Å². The van der Waals surface area contributed by atoms with Gasteiger partial charge in [-0.05, 0) is 30.3 Å². The number of aromatic nitrogens is 2. The summed E-state index contributed by atoms with van der Waals surface area (Å²) in [6.45, 7) is 3.17. The van der Waals surface area contributed by atoms with Crippen LogP contribution in [-0.2, 0) is 11.0 Å². The van der Waals surface area contributed by atoms with Crippen LogP contribution in [0.2, 0.25) is 0 Å². The average molecular weight is 404 g/mol. The molecule has 1 aromatic heterocycles. The van der Waals surface area contributed by atoms with Crippen LogP contribution in [-0.4, -0.2) is 27.5 Å². The van der Waals surface area contributed by atoms with E-state index in [0.29, 0.717) is 5.56 Å². The van der Waals surface area contributed by atoms with Gasteiger partial charge in [0.1, 0.15) is 5.75 Å². The largest absolute Gasteiger partial charge is 0.481 e. The highest BCUT2D eigenvalue weighted by Crippen LogP contribution is 2.29. The molecule has 0 aliphatic heterocycles. The second-order valence-corrected chi connectivity index (χ2v) is 6.06. The number of nitrogens with zero attached hydrogens (tertiary/aromatic N) is 1. The van der Waals surface area contributed by atoms with Gasteiger partial charge in [0.25, 0.3) is 5.56 Å². The third-order valence-electron chi connectivity index (χ3n) is 4.01. The highest BCUT2D eigenvalue weighted by atomic mass is 19.4. The van der Waals surface area contributed by atoms with Crippen LogP contribution in [0.15, 0.2) is 53.3 Å². The number of carboxylic acids is 1. The van der Waals surface area contributed by atoms with E-state index in [0.717, 1.165) is 16.8 Å². The molecule has 3 rings (SSSR count). The Labute approximate surface area is 161 Å². The summed E-state index contributed by atoms with van der Waals surface area (Å²) in [5, 5.41) is 11.7. The van der Waals surface area contributed by atoms with Gasteiger partial charge in [0.2, 0.25) is 0 Å². The Morgan fingerprint density at radius 2 is 1.93 bits per heavy atom. The minimum Gasteiger partial charge on any atom is -0.481 e. The average Bonchev–Trinajstić information content (AvgIpc) is 2.95. The molecule has 0 aliphatic carbocycles. The van der Waals surface area contributed by atoms with Gasteiger partial charge < -0.3 is 9.84 Å². The fraction of sp³-hybridized carbons (Fsp3) is 0.100. The lowest BCUT2D eigenvalue weighted by atomic mass is 10.1. The van der Waals surface area contributed by atoms with Crippen molar-refractivity contribution >= 4 is 18.6 Å². The molecule has 0 saturated carbocycles. The second kappa shape index (κ2) is 7.70. The number of rotatable bonds is 5. The number of halogens is 3. The third kappa shape index (κ3) is 4.40. The predicted molar refractivity (Wildman–Crippen MR) is 99.3 cm³/mol. The fourth-order valence-corrected chi connectivity index (χ4v) is 2.67. The Balaban J connectivity index is 2.10. The third-order valence-corrected chi connectivity index (χ3v) is 4.01. The van der Waals surface area contributed by atoms with E-state index in [1.54, 1.807) is 18.2 Å². The van der Waals surface area contributed by atoms with Crippen molar-refractivity contribution in [3.8, 4) is 11.4 Å². The molecule has 0 spiro atoms. The standard InChI is InChI=1S/C20H15F3N2O4/c1-12-16(9-13-5-2-3-8-17(13)29-11-18(26)27)19(28)25(24-12)15-7-4-6-14(10-15)20(21,22)23/h2-10,24H,1,11H2,(H,26,27)/b16-9-. The van der Waals surface area contributed by atoms with Crippen molar-refractivity contribution in [2.75, 3.05) is 6.61 Å². The number of aliphatic carboxylic acids is 1. The van der Waals surface area contributed by atoms with Crippen LogP contribution < -0.4 is 20.9 Å². The highest BCUT2D eigenvalue weighted by molar-refractivity contribution is 5.69. The quantitative estimate of drug-likeness (QED) is 0.680. The molecule has 0 amide bonds.